The molecule has 1 fully saturated rings. The van der Waals surface area contributed by atoms with Crippen LogP contribution < -0.4 is 10.1 Å². The van der Waals surface area contributed by atoms with Crippen molar-refractivity contribution in [2.45, 2.75) is 12.6 Å². The van der Waals surface area contributed by atoms with E-state index in [-0.39, 0.29) is 24.4 Å². The zero-order valence-corrected chi connectivity index (χ0v) is 16.6. The minimum Gasteiger partial charge on any atom is -0.497 e. The Morgan fingerprint density at radius 3 is 2.96 bits per heavy atom. The van der Waals surface area contributed by atoms with Crippen molar-refractivity contribution in [3.8, 4) is 5.75 Å². The average molecular weight is 391 g/mol. The van der Waals surface area contributed by atoms with Gasteiger partial charge in [-0.25, -0.2) is 0 Å². The predicted octanol–water partition coefficient (Wildman–Crippen LogP) is 2.12. The maximum Gasteiger partial charge on any atom is 0.236 e. The minimum atomic E-state index is 0. The van der Waals surface area contributed by atoms with Gasteiger partial charge in [0.05, 0.1) is 13.7 Å². The topological polar surface area (TPSA) is 57.7 Å². The lowest BCUT2D eigenvalue weighted by atomic mass is 10.1. The number of methoxy groups -OCH3 is 1. The van der Waals surface area contributed by atoms with Gasteiger partial charge in [0.2, 0.25) is 5.91 Å². The summed E-state index contributed by atoms with van der Waals surface area (Å²) in [4.78, 5) is 21.0. The van der Waals surface area contributed by atoms with Gasteiger partial charge in [0.1, 0.15) is 5.75 Å². The van der Waals surface area contributed by atoms with Crippen LogP contribution in [0.25, 0.3) is 0 Å². The van der Waals surface area contributed by atoms with Crippen LogP contribution in [-0.2, 0) is 11.3 Å². The Morgan fingerprint density at radius 2 is 2.22 bits per heavy atom. The summed E-state index contributed by atoms with van der Waals surface area (Å²) in [5.74, 6) is 0.922. The molecule has 1 atom stereocenters. The minimum absolute atomic E-state index is 0. The first-order chi connectivity index (χ1) is 12.7. The standard InChI is InChI=1S/C20H26N4O2.ClH/c1-23(14-16-5-3-7-18(11-16)26-2)20(25)15-24-10-9-22-13-19(24)17-6-4-8-21-12-17;/h3-8,11-12,19,22H,9-10,13-15H2,1-2H3;1H. The van der Waals surface area contributed by atoms with E-state index in [4.69, 9.17) is 4.74 Å². The van der Waals surface area contributed by atoms with E-state index in [9.17, 15) is 4.79 Å². The molecule has 6 nitrogen and oxygen atoms in total. The first-order valence-corrected chi connectivity index (χ1v) is 8.89. The number of hydrogen-bond donors (Lipinski definition) is 1. The summed E-state index contributed by atoms with van der Waals surface area (Å²) in [6.45, 7) is 3.54. The van der Waals surface area contributed by atoms with Crippen molar-refractivity contribution in [2.75, 3.05) is 40.3 Å². The lowest BCUT2D eigenvalue weighted by Crippen LogP contribution is -2.49. The van der Waals surface area contributed by atoms with Crippen LogP contribution in [0.15, 0.2) is 48.8 Å². The van der Waals surface area contributed by atoms with E-state index < -0.39 is 0 Å². The molecule has 1 aromatic heterocycles. The SMILES string of the molecule is COc1cccc(CN(C)C(=O)CN2CCNCC2c2cccnc2)c1.Cl. The van der Waals surface area contributed by atoms with E-state index >= 15 is 0 Å². The molecule has 1 aromatic carbocycles. The quantitative estimate of drug-likeness (QED) is 0.818. The van der Waals surface area contributed by atoms with Crippen molar-refractivity contribution in [3.63, 3.8) is 0 Å². The van der Waals surface area contributed by atoms with E-state index in [1.54, 1.807) is 18.2 Å². The molecule has 3 rings (SSSR count). The third kappa shape index (κ3) is 5.66. The van der Waals surface area contributed by atoms with Gasteiger partial charge in [-0.15, -0.1) is 12.4 Å². The van der Waals surface area contributed by atoms with Crippen molar-refractivity contribution in [1.29, 1.82) is 0 Å². The van der Waals surface area contributed by atoms with Crippen molar-refractivity contribution in [3.05, 3.63) is 59.9 Å². The van der Waals surface area contributed by atoms with Crippen LogP contribution in [-0.4, -0.2) is 61.0 Å². The number of ether oxygens (including phenoxy) is 1. The summed E-state index contributed by atoms with van der Waals surface area (Å²) in [5.41, 5.74) is 2.20. The van der Waals surface area contributed by atoms with Gasteiger partial charge in [-0.05, 0) is 29.3 Å². The maximum absolute atomic E-state index is 12.8. The van der Waals surface area contributed by atoms with E-state index in [0.717, 1.165) is 36.5 Å². The first-order valence-electron chi connectivity index (χ1n) is 8.89. The number of aromatic nitrogens is 1. The van der Waals surface area contributed by atoms with Gasteiger partial charge in [-0.3, -0.25) is 14.7 Å². The Labute approximate surface area is 166 Å². The molecule has 2 heterocycles. The van der Waals surface area contributed by atoms with Gasteiger partial charge in [-0.2, -0.15) is 0 Å². The number of nitrogens with zero attached hydrogens (tertiary/aromatic N) is 3. The molecule has 1 aliphatic rings. The maximum atomic E-state index is 12.8. The zero-order chi connectivity index (χ0) is 18.4. The second kappa shape index (κ2) is 10.3. The van der Waals surface area contributed by atoms with Crippen LogP contribution in [0.2, 0.25) is 0 Å². The number of benzene rings is 1. The summed E-state index contributed by atoms with van der Waals surface area (Å²) in [6, 6.07) is 12.0. The van der Waals surface area contributed by atoms with Crippen LogP contribution in [0.5, 0.6) is 5.75 Å². The molecule has 7 heteroatoms. The largest absolute Gasteiger partial charge is 0.497 e. The molecule has 1 amide bonds. The Balaban J connectivity index is 0.00000261. The summed E-state index contributed by atoms with van der Waals surface area (Å²) in [6.07, 6.45) is 3.66. The van der Waals surface area contributed by atoms with Crippen molar-refractivity contribution < 1.29 is 9.53 Å². The number of likely N-dealkylation sites (N-methyl/N-ethyl adjacent to an activating group) is 1. The van der Waals surface area contributed by atoms with Gasteiger partial charge in [0, 0.05) is 51.7 Å². The highest BCUT2D eigenvalue weighted by atomic mass is 35.5. The van der Waals surface area contributed by atoms with Crippen LogP contribution in [0.4, 0.5) is 0 Å². The Morgan fingerprint density at radius 1 is 1.37 bits per heavy atom. The van der Waals surface area contributed by atoms with E-state index in [2.05, 4.69) is 21.3 Å². The number of hydrogen-bond acceptors (Lipinski definition) is 5. The Kier molecular flexibility index (Phi) is 8.03. The van der Waals surface area contributed by atoms with Gasteiger partial charge in [0.15, 0.2) is 0 Å². The lowest BCUT2D eigenvalue weighted by Gasteiger charge is -2.36. The molecule has 146 valence electrons. The van der Waals surface area contributed by atoms with Gasteiger partial charge >= 0.3 is 0 Å². The van der Waals surface area contributed by atoms with Crippen LogP contribution in [0.3, 0.4) is 0 Å². The van der Waals surface area contributed by atoms with Gasteiger partial charge in [-0.1, -0.05) is 18.2 Å². The smallest absolute Gasteiger partial charge is 0.236 e. The van der Waals surface area contributed by atoms with Gasteiger partial charge in [0.25, 0.3) is 0 Å². The first kappa shape index (κ1) is 21.2. The molecule has 1 aliphatic heterocycles. The normalized spacial score (nSPS) is 17.0. The van der Waals surface area contributed by atoms with Crippen molar-refractivity contribution >= 4 is 18.3 Å². The summed E-state index contributed by atoms with van der Waals surface area (Å²) >= 11 is 0. The van der Waals surface area contributed by atoms with E-state index in [0.29, 0.717) is 13.1 Å². The number of amides is 1. The van der Waals surface area contributed by atoms with Crippen LogP contribution in [0, 0.1) is 0 Å². The van der Waals surface area contributed by atoms with Crippen molar-refractivity contribution in [2.24, 2.45) is 0 Å². The van der Waals surface area contributed by atoms with Gasteiger partial charge < -0.3 is 15.0 Å². The monoisotopic (exact) mass is 390 g/mol. The number of nitrogens with one attached hydrogen (secondary N) is 1. The number of carbonyl (C=O) groups excluding carboxylic acids is 1. The molecule has 0 aliphatic carbocycles. The Hall–Kier alpha value is -2.15. The molecule has 0 saturated carbocycles. The molecule has 2 aromatic rings. The lowest BCUT2D eigenvalue weighted by molar-refractivity contribution is -0.132. The van der Waals surface area contributed by atoms with E-state index in [1.807, 2.05) is 43.6 Å². The molecule has 0 bridgehead atoms. The molecule has 1 saturated heterocycles. The summed E-state index contributed by atoms with van der Waals surface area (Å²) in [7, 11) is 3.50. The molecular weight excluding hydrogens is 364 g/mol. The van der Waals surface area contributed by atoms with Crippen LogP contribution in [0.1, 0.15) is 17.2 Å². The second-order valence-electron chi connectivity index (χ2n) is 6.58. The number of piperazine rings is 1. The number of rotatable bonds is 6. The number of pyridine rings is 1. The van der Waals surface area contributed by atoms with Crippen LogP contribution >= 0.6 is 12.4 Å². The molecular formula is C20H27ClN4O2. The molecule has 1 N–H and O–H groups in total. The fourth-order valence-electron chi connectivity index (χ4n) is 3.26. The molecule has 1 unspecified atom stereocenters. The second-order valence-corrected chi connectivity index (χ2v) is 6.58. The zero-order valence-electron chi connectivity index (χ0n) is 15.8. The summed E-state index contributed by atoms with van der Waals surface area (Å²) in [5, 5.41) is 3.41. The molecule has 0 spiro atoms. The van der Waals surface area contributed by atoms with E-state index in [1.165, 1.54) is 0 Å². The Bertz CT molecular complexity index is 729. The summed E-state index contributed by atoms with van der Waals surface area (Å²) < 4.78 is 5.26. The highest BCUT2D eigenvalue weighted by Gasteiger charge is 2.26. The molecule has 27 heavy (non-hydrogen) atoms. The fourth-order valence-corrected chi connectivity index (χ4v) is 3.26. The third-order valence-electron chi connectivity index (χ3n) is 4.74. The fraction of sp³-hybridized carbons (Fsp3) is 0.400. The number of carbonyl (C=O) groups is 1. The molecule has 0 radical (unpaired) electrons. The average Bonchev–Trinajstić information content (AvgIpc) is 2.69. The highest BCUT2D eigenvalue weighted by Crippen LogP contribution is 2.21. The number of halogens is 1. The highest BCUT2D eigenvalue weighted by molar-refractivity contribution is 5.85. The third-order valence-corrected chi connectivity index (χ3v) is 4.74. The van der Waals surface area contributed by atoms with Crippen molar-refractivity contribution in [1.82, 2.24) is 20.1 Å². The predicted molar refractivity (Wildman–Crippen MR) is 108 cm³/mol.